The second-order valence-corrected chi connectivity index (χ2v) is 11.5. The molecule has 2 atom stereocenters. The van der Waals surface area contributed by atoms with Crippen molar-refractivity contribution in [2.75, 3.05) is 0 Å². The SMILES string of the molecule is N=NC1CC(N=N)(c2ccccc2)C2(CCC(CCCC(c3ccc(F)cc3)c3ccc(F)cc3)(N=N)CC2)C1=O. The maximum absolute atomic E-state index is 13.7. The van der Waals surface area contributed by atoms with Gasteiger partial charge < -0.3 is 0 Å². The number of ketones is 1. The summed E-state index contributed by atoms with van der Waals surface area (Å²) in [7, 11) is 0. The van der Waals surface area contributed by atoms with Crippen LogP contribution in [0, 0.1) is 33.6 Å². The Kier molecular flexibility index (Phi) is 7.98. The Morgan fingerprint density at radius 3 is 1.83 bits per heavy atom. The molecule has 9 heteroatoms. The van der Waals surface area contributed by atoms with E-state index < -0.39 is 22.5 Å². The molecule has 0 bridgehead atoms. The molecule has 2 unspecified atom stereocenters. The molecule has 2 saturated carbocycles. The number of hydrogen-bond donors (Lipinski definition) is 3. The number of carbonyl (C=O) groups excluding carboxylic acids is 1. The van der Waals surface area contributed by atoms with E-state index in [0.29, 0.717) is 38.5 Å². The molecule has 2 aliphatic rings. The zero-order valence-corrected chi connectivity index (χ0v) is 22.8. The third kappa shape index (κ3) is 5.02. The smallest absolute Gasteiger partial charge is 0.168 e. The maximum atomic E-state index is 13.7. The van der Waals surface area contributed by atoms with Crippen molar-refractivity contribution >= 4 is 5.78 Å². The van der Waals surface area contributed by atoms with Crippen molar-refractivity contribution in [2.45, 2.75) is 74.4 Å². The third-order valence-corrected chi connectivity index (χ3v) is 9.60. The molecule has 0 heterocycles. The van der Waals surface area contributed by atoms with Gasteiger partial charge in [-0.15, -0.1) is 0 Å². The molecule has 212 valence electrons. The van der Waals surface area contributed by atoms with Gasteiger partial charge in [0.1, 0.15) is 23.2 Å². The van der Waals surface area contributed by atoms with Crippen LogP contribution in [0.25, 0.3) is 0 Å². The van der Waals surface area contributed by atoms with Gasteiger partial charge in [-0.25, -0.2) is 25.4 Å². The molecule has 0 radical (unpaired) electrons. The van der Waals surface area contributed by atoms with Crippen molar-refractivity contribution in [3.05, 3.63) is 107 Å². The molecule has 0 amide bonds. The molecule has 41 heavy (non-hydrogen) atoms. The molecule has 5 rings (SSSR count). The van der Waals surface area contributed by atoms with Crippen LogP contribution in [0.4, 0.5) is 8.78 Å². The predicted octanol–water partition coefficient (Wildman–Crippen LogP) is 8.90. The van der Waals surface area contributed by atoms with E-state index in [9.17, 15) is 13.6 Å². The van der Waals surface area contributed by atoms with Crippen molar-refractivity contribution in [1.82, 2.24) is 0 Å². The first-order chi connectivity index (χ1) is 19.8. The Morgan fingerprint density at radius 2 is 1.34 bits per heavy atom. The highest BCUT2D eigenvalue weighted by molar-refractivity contribution is 5.94. The maximum Gasteiger partial charge on any atom is 0.168 e. The molecule has 3 N–H and O–H groups in total. The molecule has 2 fully saturated rings. The van der Waals surface area contributed by atoms with Crippen molar-refractivity contribution in [3.8, 4) is 0 Å². The number of hydrogen-bond acceptors (Lipinski definition) is 7. The first-order valence-electron chi connectivity index (χ1n) is 14.1. The fourth-order valence-electron chi connectivity index (χ4n) is 7.29. The Labute approximate surface area is 238 Å². The average molecular weight is 557 g/mol. The number of halogens is 2. The number of Topliss-reactive ketones (excluding diaryl/α,β-unsaturated/α-hetero) is 1. The van der Waals surface area contributed by atoms with Gasteiger partial charge >= 0.3 is 0 Å². The summed E-state index contributed by atoms with van der Waals surface area (Å²) >= 11 is 0. The summed E-state index contributed by atoms with van der Waals surface area (Å²) in [5.41, 5.74) is 24.0. The predicted molar refractivity (Wildman–Crippen MR) is 149 cm³/mol. The van der Waals surface area contributed by atoms with Crippen LogP contribution in [0.5, 0.6) is 0 Å². The molecule has 7 nitrogen and oxygen atoms in total. The van der Waals surface area contributed by atoms with E-state index in [1.54, 1.807) is 24.3 Å². The average Bonchev–Trinajstić information content (AvgIpc) is 3.25. The number of carbonyl (C=O) groups is 1. The second kappa shape index (κ2) is 11.5. The van der Waals surface area contributed by atoms with Crippen LogP contribution < -0.4 is 0 Å². The number of benzene rings is 3. The van der Waals surface area contributed by atoms with Crippen LogP contribution in [0.3, 0.4) is 0 Å². The van der Waals surface area contributed by atoms with Gasteiger partial charge in [-0.05, 0) is 79.5 Å². The van der Waals surface area contributed by atoms with Gasteiger partial charge in [0.15, 0.2) is 5.78 Å². The van der Waals surface area contributed by atoms with Crippen molar-refractivity contribution in [3.63, 3.8) is 0 Å². The van der Waals surface area contributed by atoms with Crippen LogP contribution >= 0.6 is 0 Å². The molecule has 3 aromatic carbocycles. The first-order valence-corrected chi connectivity index (χ1v) is 14.1. The lowest BCUT2D eigenvalue weighted by Crippen LogP contribution is -2.50. The molecule has 3 aromatic rings. The number of nitrogens with one attached hydrogen (secondary N) is 3. The Bertz CT molecular complexity index is 1360. The monoisotopic (exact) mass is 556 g/mol. The summed E-state index contributed by atoms with van der Waals surface area (Å²) in [6.07, 6.45) is 4.07. The fourth-order valence-corrected chi connectivity index (χ4v) is 7.29. The first kappa shape index (κ1) is 28.5. The molecule has 1 spiro atoms. The molecule has 0 saturated heterocycles. The summed E-state index contributed by atoms with van der Waals surface area (Å²) in [6, 6.07) is 21.3. The van der Waals surface area contributed by atoms with E-state index >= 15 is 0 Å². The summed E-state index contributed by atoms with van der Waals surface area (Å²) in [6.45, 7) is 0. The fraction of sp³-hybridized carbons (Fsp3) is 0.406. The van der Waals surface area contributed by atoms with Crippen molar-refractivity contribution < 1.29 is 13.6 Å². The van der Waals surface area contributed by atoms with E-state index in [2.05, 4.69) is 15.3 Å². The lowest BCUT2D eigenvalue weighted by molar-refractivity contribution is -0.132. The third-order valence-electron chi connectivity index (χ3n) is 9.60. The van der Waals surface area contributed by atoms with E-state index in [-0.39, 0.29) is 29.8 Å². The van der Waals surface area contributed by atoms with E-state index in [1.165, 1.54) is 24.3 Å². The van der Waals surface area contributed by atoms with Gasteiger partial charge in [-0.3, -0.25) is 4.79 Å². The number of nitrogens with zero attached hydrogens (tertiary/aromatic N) is 3. The van der Waals surface area contributed by atoms with Crippen molar-refractivity contribution in [2.24, 2.45) is 20.8 Å². The standard InChI is InChI=1S/C32H34F2N6O/c33-25-12-8-22(9-13-25)27(23-10-14-26(34)15-11-23)7-4-16-30(39-36)17-19-31(20-18-30)29(41)28(38-35)21-32(31,40-37)24-5-2-1-3-6-24/h1-3,5-6,8-15,27-28,35-37H,4,7,16-21H2. The van der Waals surface area contributed by atoms with E-state index in [4.69, 9.17) is 16.6 Å². The Balaban J connectivity index is 1.36. The van der Waals surface area contributed by atoms with Gasteiger partial charge in [0.25, 0.3) is 0 Å². The van der Waals surface area contributed by atoms with Gasteiger partial charge in [0.2, 0.25) is 0 Å². The molecule has 0 aliphatic heterocycles. The lowest BCUT2D eigenvalue weighted by Gasteiger charge is -2.48. The Hall–Kier alpha value is -4.01. The highest BCUT2D eigenvalue weighted by atomic mass is 19.1. The second-order valence-electron chi connectivity index (χ2n) is 11.5. The highest BCUT2D eigenvalue weighted by Crippen LogP contribution is 2.62. The number of rotatable bonds is 10. The normalized spacial score (nSPS) is 27.7. The Morgan fingerprint density at radius 1 is 0.780 bits per heavy atom. The summed E-state index contributed by atoms with van der Waals surface area (Å²) < 4.78 is 27.3. The topological polar surface area (TPSA) is 126 Å². The summed E-state index contributed by atoms with van der Waals surface area (Å²) in [5.74, 6) is -0.846. The zero-order chi connectivity index (χ0) is 29.1. The largest absolute Gasteiger partial charge is 0.296 e. The minimum Gasteiger partial charge on any atom is -0.296 e. The van der Waals surface area contributed by atoms with Gasteiger partial charge in [0, 0.05) is 12.3 Å². The molecular formula is C32H34F2N6O. The molecular weight excluding hydrogens is 522 g/mol. The van der Waals surface area contributed by atoms with Crippen LogP contribution in [0.15, 0.2) is 94.2 Å². The summed E-state index contributed by atoms with van der Waals surface area (Å²) in [5, 5.41) is 11.8. The van der Waals surface area contributed by atoms with Crippen LogP contribution in [0.2, 0.25) is 0 Å². The minimum atomic E-state index is -1.09. The summed E-state index contributed by atoms with van der Waals surface area (Å²) in [4.78, 5) is 13.7. The molecule has 2 aliphatic carbocycles. The van der Waals surface area contributed by atoms with Gasteiger partial charge in [-0.1, -0.05) is 61.0 Å². The zero-order valence-electron chi connectivity index (χ0n) is 22.8. The van der Waals surface area contributed by atoms with Crippen LogP contribution in [-0.2, 0) is 10.3 Å². The minimum absolute atomic E-state index is 0.0717. The van der Waals surface area contributed by atoms with Gasteiger partial charge in [0.05, 0.1) is 11.0 Å². The quantitative estimate of drug-likeness (QED) is 0.212. The van der Waals surface area contributed by atoms with Crippen LogP contribution in [-0.4, -0.2) is 17.4 Å². The lowest BCUT2D eigenvalue weighted by atomic mass is 9.57. The van der Waals surface area contributed by atoms with Crippen LogP contribution in [0.1, 0.15) is 74.0 Å². The highest BCUT2D eigenvalue weighted by Gasteiger charge is 2.67. The van der Waals surface area contributed by atoms with Gasteiger partial charge in [-0.2, -0.15) is 15.3 Å². The van der Waals surface area contributed by atoms with E-state index in [1.807, 2.05) is 30.3 Å². The van der Waals surface area contributed by atoms with Crippen molar-refractivity contribution in [1.29, 1.82) is 16.6 Å². The molecule has 0 aromatic heterocycles. The van der Waals surface area contributed by atoms with E-state index in [0.717, 1.165) is 23.1 Å².